The maximum absolute atomic E-state index is 3.68. The van der Waals surface area contributed by atoms with Crippen LogP contribution >= 0.6 is 0 Å². The Bertz CT molecular complexity index is 507. The Morgan fingerprint density at radius 3 is 2.35 bits per heavy atom. The lowest BCUT2D eigenvalue weighted by molar-refractivity contribution is 0.507. The van der Waals surface area contributed by atoms with Gasteiger partial charge in [-0.1, -0.05) is 67.4 Å². The van der Waals surface area contributed by atoms with Crippen molar-refractivity contribution in [3.8, 4) is 11.1 Å². The predicted octanol–water partition coefficient (Wildman–Crippen LogP) is 4.43. The molecule has 1 unspecified atom stereocenters. The van der Waals surface area contributed by atoms with Crippen molar-refractivity contribution in [1.82, 2.24) is 5.32 Å². The number of benzene rings is 2. The summed E-state index contributed by atoms with van der Waals surface area (Å²) in [5.74, 6) is 0. The van der Waals surface area contributed by atoms with Crippen LogP contribution in [0.15, 0.2) is 54.6 Å². The van der Waals surface area contributed by atoms with Crippen LogP contribution in [0.1, 0.15) is 31.2 Å². The quantitative estimate of drug-likeness (QED) is 0.865. The van der Waals surface area contributed by atoms with Gasteiger partial charge in [0.15, 0.2) is 0 Å². The van der Waals surface area contributed by atoms with Gasteiger partial charge in [0.05, 0.1) is 0 Å². The van der Waals surface area contributed by atoms with Crippen LogP contribution in [0.2, 0.25) is 0 Å². The van der Waals surface area contributed by atoms with Crippen molar-refractivity contribution < 1.29 is 0 Å². The molecule has 2 aromatic carbocycles. The maximum atomic E-state index is 3.68. The van der Waals surface area contributed by atoms with Crippen LogP contribution < -0.4 is 5.32 Å². The molecule has 1 fully saturated rings. The van der Waals surface area contributed by atoms with Crippen LogP contribution in [0.4, 0.5) is 0 Å². The third-order valence-electron chi connectivity index (χ3n) is 4.21. The molecule has 3 rings (SSSR count). The number of hydrogen-bond acceptors (Lipinski definition) is 1. The molecule has 1 aliphatic rings. The lowest BCUT2D eigenvalue weighted by atomic mass is 9.99. The molecule has 0 saturated carbocycles. The Morgan fingerprint density at radius 1 is 0.800 bits per heavy atom. The van der Waals surface area contributed by atoms with Crippen LogP contribution in [0.5, 0.6) is 0 Å². The first kappa shape index (κ1) is 13.4. The van der Waals surface area contributed by atoms with E-state index in [1.54, 1.807) is 0 Å². The molecular formula is C19H23N. The van der Waals surface area contributed by atoms with Crippen LogP contribution in [0.3, 0.4) is 0 Å². The van der Waals surface area contributed by atoms with E-state index in [0.29, 0.717) is 6.04 Å². The van der Waals surface area contributed by atoms with E-state index in [2.05, 4.69) is 59.9 Å². The van der Waals surface area contributed by atoms with Crippen molar-refractivity contribution in [2.45, 2.75) is 38.1 Å². The highest BCUT2D eigenvalue weighted by molar-refractivity contribution is 5.63. The fourth-order valence-corrected chi connectivity index (χ4v) is 3.02. The summed E-state index contributed by atoms with van der Waals surface area (Å²) in [6.07, 6.45) is 6.58. The standard InChI is InChI=1S/C19H23N/c1-3-7-17(8-4-1)18-12-10-16(11-13-18)15-19-9-5-2-6-14-20-19/h1,3-4,7-8,10-13,19-20H,2,5-6,9,14-15H2. The summed E-state index contributed by atoms with van der Waals surface area (Å²) in [7, 11) is 0. The zero-order chi connectivity index (χ0) is 13.6. The third-order valence-corrected chi connectivity index (χ3v) is 4.21. The van der Waals surface area contributed by atoms with Gasteiger partial charge in [0.25, 0.3) is 0 Å². The molecule has 0 aliphatic carbocycles. The average molecular weight is 265 g/mol. The van der Waals surface area contributed by atoms with Crippen LogP contribution in [0.25, 0.3) is 11.1 Å². The minimum Gasteiger partial charge on any atom is -0.314 e. The van der Waals surface area contributed by atoms with E-state index in [4.69, 9.17) is 0 Å². The highest BCUT2D eigenvalue weighted by atomic mass is 14.9. The van der Waals surface area contributed by atoms with Crippen molar-refractivity contribution >= 4 is 0 Å². The smallest absolute Gasteiger partial charge is 0.0107 e. The molecule has 0 aromatic heterocycles. The second-order valence-electron chi connectivity index (χ2n) is 5.77. The van der Waals surface area contributed by atoms with Gasteiger partial charge in [0, 0.05) is 6.04 Å². The zero-order valence-electron chi connectivity index (χ0n) is 12.0. The molecule has 1 heteroatoms. The van der Waals surface area contributed by atoms with Crippen LogP contribution in [-0.2, 0) is 6.42 Å². The molecule has 1 nitrogen and oxygen atoms in total. The molecule has 20 heavy (non-hydrogen) atoms. The summed E-state index contributed by atoms with van der Waals surface area (Å²) in [6, 6.07) is 20.3. The van der Waals surface area contributed by atoms with Gasteiger partial charge in [-0.25, -0.2) is 0 Å². The van der Waals surface area contributed by atoms with E-state index in [1.165, 1.54) is 48.9 Å². The second kappa shape index (κ2) is 6.71. The highest BCUT2D eigenvalue weighted by Gasteiger charge is 2.11. The van der Waals surface area contributed by atoms with Gasteiger partial charge in [-0.3, -0.25) is 0 Å². The molecule has 1 heterocycles. The Kier molecular flexibility index (Phi) is 4.49. The maximum Gasteiger partial charge on any atom is 0.0107 e. The van der Waals surface area contributed by atoms with E-state index in [0.717, 1.165) is 6.42 Å². The highest BCUT2D eigenvalue weighted by Crippen LogP contribution is 2.20. The summed E-state index contributed by atoms with van der Waals surface area (Å²) in [4.78, 5) is 0. The van der Waals surface area contributed by atoms with Gasteiger partial charge >= 0.3 is 0 Å². The molecule has 104 valence electrons. The van der Waals surface area contributed by atoms with Crippen LogP contribution in [0, 0.1) is 0 Å². The van der Waals surface area contributed by atoms with Crippen molar-refractivity contribution in [3.63, 3.8) is 0 Å². The van der Waals surface area contributed by atoms with Gasteiger partial charge in [0.2, 0.25) is 0 Å². The SMILES string of the molecule is c1ccc(-c2ccc(CC3CCCCCN3)cc2)cc1. The molecular weight excluding hydrogens is 242 g/mol. The monoisotopic (exact) mass is 265 g/mol. The first-order valence-corrected chi connectivity index (χ1v) is 7.79. The van der Waals surface area contributed by atoms with Crippen LogP contribution in [-0.4, -0.2) is 12.6 Å². The van der Waals surface area contributed by atoms with Gasteiger partial charge in [0.1, 0.15) is 0 Å². The van der Waals surface area contributed by atoms with E-state index < -0.39 is 0 Å². The van der Waals surface area contributed by atoms with E-state index >= 15 is 0 Å². The summed E-state index contributed by atoms with van der Waals surface area (Å²) in [5, 5.41) is 3.68. The molecule has 1 N–H and O–H groups in total. The fraction of sp³-hybridized carbons (Fsp3) is 0.368. The predicted molar refractivity (Wildman–Crippen MR) is 85.8 cm³/mol. The van der Waals surface area contributed by atoms with Gasteiger partial charge < -0.3 is 5.32 Å². The van der Waals surface area contributed by atoms with Gasteiger partial charge in [-0.2, -0.15) is 0 Å². The Labute approximate surface area is 122 Å². The van der Waals surface area contributed by atoms with Crippen molar-refractivity contribution in [1.29, 1.82) is 0 Å². The first-order valence-electron chi connectivity index (χ1n) is 7.79. The van der Waals surface area contributed by atoms with E-state index in [-0.39, 0.29) is 0 Å². The van der Waals surface area contributed by atoms with Crippen molar-refractivity contribution in [2.24, 2.45) is 0 Å². The average Bonchev–Trinajstić information content (AvgIpc) is 2.78. The molecule has 0 radical (unpaired) electrons. The Balaban J connectivity index is 1.67. The van der Waals surface area contributed by atoms with Crippen molar-refractivity contribution in [3.05, 3.63) is 60.2 Å². The van der Waals surface area contributed by atoms with E-state index in [9.17, 15) is 0 Å². The normalized spacial score (nSPS) is 19.5. The summed E-state index contributed by atoms with van der Waals surface area (Å²) >= 11 is 0. The lowest BCUT2D eigenvalue weighted by Crippen LogP contribution is -2.30. The van der Waals surface area contributed by atoms with E-state index in [1.807, 2.05) is 0 Å². The Hall–Kier alpha value is -1.60. The number of rotatable bonds is 3. The largest absolute Gasteiger partial charge is 0.314 e. The molecule has 1 saturated heterocycles. The molecule has 0 amide bonds. The first-order chi connectivity index (χ1) is 9.92. The second-order valence-corrected chi connectivity index (χ2v) is 5.77. The topological polar surface area (TPSA) is 12.0 Å². The van der Waals surface area contributed by atoms with Crippen molar-refractivity contribution in [2.75, 3.05) is 6.54 Å². The minimum absolute atomic E-state index is 0.667. The Morgan fingerprint density at radius 2 is 1.55 bits per heavy atom. The number of nitrogens with one attached hydrogen (secondary N) is 1. The summed E-state index contributed by atoms with van der Waals surface area (Å²) in [6.45, 7) is 1.19. The minimum atomic E-state index is 0.667. The fourth-order valence-electron chi connectivity index (χ4n) is 3.02. The van der Waals surface area contributed by atoms with Gasteiger partial charge in [-0.05, 0) is 42.5 Å². The third kappa shape index (κ3) is 3.49. The summed E-state index contributed by atoms with van der Waals surface area (Å²) < 4.78 is 0. The lowest BCUT2D eigenvalue weighted by Gasteiger charge is -2.16. The summed E-state index contributed by atoms with van der Waals surface area (Å²) in [5.41, 5.74) is 4.05. The molecule has 2 aromatic rings. The number of hydrogen-bond donors (Lipinski definition) is 1. The molecule has 1 aliphatic heterocycles. The molecule has 0 bridgehead atoms. The van der Waals surface area contributed by atoms with Gasteiger partial charge in [-0.15, -0.1) is 0 Å². The molecule has 1 atom stereocenters. The molecule has 0 spiro atoms. The zero-order valence-corrected chi connectivity index (χ0v) is 12.0.